The minimum atomic E-state index is -3.12. The van der Waals surface area contributed by atoms with Crippen molar-refractivity contribution in [1.82, 2.24) is 4.31 Å². The van der Waals surface area contributed by atoms with Gasteiger partial charge < -0.3 is 5.73 Å². The van der Waals surface area contributed by atoms with E-state index in [4.69, 9.17) is 11.1 Å². The van der Waals surface area contributed by atoms with E-state index in [2.05, 4.69) is 0 Å². The van der Waals surface area contributed by atoms with Gasteiger partial charge in [-0.1, -0.05) is 6.92 Å². The third kappa shape index (κ3) is 3.79. The van der Waals surface area contributed by atoms with Crippen LogP contribution in [0.15, 0.2) is 0 Å². The van der Waals surface area contributed by atoms with Crippen LogP contribution in [0.4, 0.5) is 0 Å². The lowest BCUT2D eigenvalue weighted by Gasteiger charge is -2.21. The molecule has 0 aromatic carbocycles. The largest absolute Gasteiger partial charge is 0.388 e. The van der Waals surface area contributed by atoms with Crippen LogP contribution in [0.3, 0.4) is 0 Å². The van der Waals surface area contributed by atoms with E-state index in [1.165, 1.54) is 4.31 Å². The number of sulfonamides is 1. The standard InChI is InChI=1S/C9H19N3O2S/c1-2-7-15(13,14)12(8-3-4-8)6-5-9(10)11/h8H,2-7H2,1H3,(H3,10,11). The number of rotatable bonds is 7. The number of nitrogens with one attached hydrogen (secondary N) is 1. The molecule has 1 rings (SSSR count). The zero-order valence-corrected chi connectivity index (χ0v) is 9.89. The van der Waals surface area contributed by atoms with E-state index in [0.29, 0.717) is 19.4 Å². The molecule has 15 heavy (non-hydrogen) atoms. The normalized spacial score (nSPS) is 16.9. The van der Waals surface area contributed by atoms with Crippen molar-refractivity contribution in [2.75, 3.05) is 12.3 Å². The first-order valence-electron chi connectivity index (χ1n) is 5.29. The summed E-state index contributed by atoms with van der Waals surface area (Å²) >= 11 is 0. The second-order valence-corrected chi connectivity index (χ2v) is 5.97. The van der Waals surface area contributed by atoms with E-state index in [1.807, 2.05) is 6.92 Å². The quantitative estimate of drug-likeness (QED) is 0.496. The molecule has 0 heterocycles. The maximum Gasteiger partial charge on any atom is 0.214 e. The minimum absolute atomic E-state index is 0.0485. The van der Waals surface area contributed by atoms with Crippen molar-refractivity contribution in [3.63, 3.8) is 0 Å². The second kappa shape index (κ2) is 4.94. The highest BCUT2D eigenvalue weighted by atomic mass is 32.2. The van der Waals surface area contributed by atoms with E-state index in [1.54, 1.807) is 0 Å². The van der Waals surface area contributed by atoms with Crippen LogP contribution in [0.25, 0.3) is 0 Å². The Labute approximate surface area is 91.2 Å². The Balaban J connectivity index is 2.60. The summed E-state index contributed by atoms with van der Waals surface area (Å²) in [5.41, 5.74) is 5.24. The monoisotopic (exact) mass is 233 g/mol. The molecule has 0 bridgehead atoms. The van der Waals surface area contributed by atoms with Crippen molar-refractivity contribution in [3.8, 4) is 0 Å². The topological polar surface area (TPSA) is 87.2 Å². The fraction of sp³-hybridized carbons (Fsp3) is 0.889. The van der Waals surface area contributed by atoms with E-state index < -0.39 is 10.0 Å². The summed E-state index contributed by atoms with van der Waals surface area (Å²) in [6.45, 7) is 2.22. The fourth-order valence-corrected chi connectivity index (χ4v) is 3.30. The van der Waals surface area contributed by atoms with Gasteiger partial charge in [-0.05, 0) is 19.3 Å². The van der Waals surface area contributed by atoms with E-state index >= 15 is 0 Å². The number of amidine groups is 1. The number of nitrogens with two attached hydrogens (primary N) is 1. The molecule has 5 nitrogen and oxygen atoms in total. The molecule has 0 aromatic heterocycles. The van der Waals surface area contributed by atoms with Gasteiger partial charge >= 0.3 is 0 Å². The van der Waals surface area contributed by atoms with E-state index in [9.17, 15) is 8.42 Å². The molecule has 0 radical (unpaired) electrons. The Morgan fingerprint density at radius 1 is 1.53 bits per heavy atom. The average Bonchev–Trinajstić information content (AvgIpc) is 2.87. The van der Waals surface area contributed by atoms with Gasteiger partial charge in [-0.15, -0.1) is 0 Å². The predicted octanol–water partition coefficient (Wildman–Crippen LogP) is 0.517. The van der Waals surface area contributed by atoms with Crippen LogP contribution in [0.2, 0.25) is 0 Å². The Hall–Kier alpha value is -0.620. The molecular formula is C9H19N3O2S. The molecular weight excluding hydrogens is 214 g/mol. The molecule has 0 spiro atoms. The maximum atomic E-state index is 11.8. The van der Waals surface area contributed by atoms with Crippen LogP contribution in [0.1, 0.15) is 32.6 Å². The first-order chi connectivity index (χ1) is 6.97. The van der Waals surface area contributed by atoms with Crippen LogP contribution < -0.4 is 5.73 Å². The molecule has 0 amide bonds. The lowest BCUT2D eigenvalue weighted by Crippen LogP contribution is -2.37. The average molecular weight is 233 g/mol. The third-order valence-electron chi connectivity index (χ3n) is 2.38. The maximum absolute atomic E-state index is 11.8. The van der Waals surface area contributed by atoms with Crippen LogP contribution in [0.5, 0.6) is 0 Å². The van der Waals surface area contributed by atoms with E-state index in [-0.39, 0.29) is 17.6 Å². The van der Waals surface area contributed by atoms with Crippen molar-refractivity contribution in [2.45, 2.75) is 38.6 Å². The Bertz CT molecular complexity index is 322. The van der Waals surface area contributed by atoms with Crippen molar-refractivity contribution >= 4 is 15.9 Å². The zero-order valence-electron chi connectivity index (χ0n) is 9.07. The minimum Gasteiger partial charge on any atom is -0.388 e. The molecule has 0 atom stereocenters. The zero-order chi connectivity index (χ0) is 11.5. The summed E-state index contributed by atoms with van der Waals surface area (Å²) in [5.74, 6) is 0.244. The van der Waals surface area contributed by atoms with Gasteiger partial charge in [0.15, 0.2) is 0 Å². The highest BCUT2D eigenvalue weighted by Gasteiger charge is 2.36. The Morgan fingerprint density at radius 3 is 2.53 bits per heavy atom. The smallest absolute Gasteiger partial charge is 0.214 e. The van der Waals surface area contributed by atoms with Crippen LogP contribution >= 0.6 is 0 Å². The second-order valence-electron chi connectivity index (χ2n) is 3.93. The Morgan fingerprint density at radius 2 is 2.13 bits per heavy atom. The Kier molecular flexibility index (Phi) is 4.10. The highest BCUT2D eigenvalue weighted by Crippen LogP contribution is 2.29. The lowest BCUT2D eigenvalue weighted by molar-refractivity contribution is 0.412. The molecule has 88 valence electrons. The molecule has 1 fully saturated rings. The molecule has 1 aliphatic rings. The van der Waals surface area contributed by atoms with Gasteiger partial charge in [0, 0.05) is 19.0 Å². The van der Waals surface area contributed by atoms with Crippen LogP contribution in [-0.2, 0) is 10.0 Å². The fourth-order valence-electron chi connectivity index (χ4n) is 1.52. The summed E-state index contributed by atoms with van der Waals surface area (Å²) in [7, 11) is -3.12. The lowest BCUT2D eigenvalue weighted by atomic mass is 10.4. The molecule has 1 saturated carbocycles. The number of nitrogens with zero attached hydrogens (tertiary/aromatic N) is 1. The summed E-state index contributed by atoms with van der Waals surface area (Å²) in [6.07, 6.45) is 2.85. The molecule has 0 saturated heterocycles. The number of hydrogen-bond acceptors (Lipinski definition) is 3. The predicted molar refractivity (Wildman–Crippen MR) is 60.3 cm³/mol. The molecule has 0 aromatic rings. The molecule has 0 unspecified atom stereocenters. The SMILES string of the molecule is CCCS(=O)(=O)N(CCC(=N)N)C1CC1. The van der Waals surface area contributed by atoms with Crippen LogP contribution in [-0.4, -0.2) is 36.9 Å². The van der Waals surface area contributed by atoms with Gasteiger partial charge in [-0.2, -0.15) is 4.31 Å². The highest BCUT2D eigenvalue weighted by molar-refractivity contribution is 7.89. The van der Waals surface area contributed by atoms with Gasteiger partial charge in [-0.3, -0.25) is 5.41 Å². The summed E-state index contributed by atoms with van der Waals surface area (Å²) in [5, 5.41) is 7.11. The summed E-state index contributed by atoms with van der Waals surface area (Å²) in [6, 6.07) is 0.167. The molecule has 6 heteroatoms. The van der Waals surface area contributed by atoms with Crippen molar-refractivity contribution in [2.24, 2.45) is 5.73 Å². The summed E-state index contributed by atoms with van der Waals surface area (Å²) < 4.78 is 25.2. The van der Waals surface area contributed by atoms with Crippen molar-refractivity contribution in [1.29, 1.82) is 5.41 Å². The number of hydrogen-bond donors (Lipinski definition) is 2. The van der Waals surface area contributed by atoms with Gasteiger partial charge in [0.2, 0.25) is 10.0 Å². The molecule has 1 aliphatic carbocycles. The van der Waals surface area contributed by atoms with Gasteiger partial charge in [0.05, 0.1) is 11.6 Å². The molecule has 3 N–H and O–H groups in total. The van der Waals surface area contributed by atoms with Gasteiger partial charge in [0.1, 0.15) is 0 Å². The first kappa shape index (κ1) is 12.4. The molecule has 0 aliphatic heterocycles. The van der Waals surface area contributed by atoms with Gasteiger partial charge in [-0.25, -0.2) is 8.42 Å². The van der Waals surface area contributed by atoms with E-state index in [0.717, 1.165) is 12.8 Å². The van der Waals surface area contributed by atoms with Crippen LogP contribution in [0, 0.1) is 5.41 Å². The van der Waals surface area contributed by atoms with Crippen molar-refractivity contribution < 1.29 is 8.42 Å². The third-order valence-corrected chi connectivity index (χ3v) is 4.49. The summed E-state index contributed by atoms with van der Waals surface area (Å²) in [4.78, 5) is 0. The van der Waals surface area contributed by atoms with Crippen molar-refractivity contribution in [3.05, 3.63) is 0 Å². The first-order valence-corrected chi connectivity index (χ1v) is 6.90. The van der Waals surface area contributed by atoms with Gasteiger partial charge in [0.25, 0.3) is 0 Å².